The van der Waals surface area contributed by atoms with Gasteiger partial charge in [-0.25, -0.2) is 9.97 Å². The Morgan fingerprint density at radius 3 is 2.88 bits per heavy atom. The number of hydrogen-bond acceptors (Lipinski definition) is 7. The van der Waals surface area contributed by atoms with Gasteiger partial charge >= 0.3 is 0 Å². The summed E-state index contributed by atoms with van der Waals surface area (Å²) in [5.41, 5.74) is 1.39. The number of nitrogens with one attached hydrogen (secondary N) is 1. The minimum absolute atomic E-state index is 0.114. The summed E-state index contributed by atoms with van der Waals surface area (Å²) in [4.78, 5) is 24.3. The first-order valence-corrected chi connectivity index (χ1v) is 10.4. The molecule has 1 atom stereocenters. The summed E-state index contributed by atoms with van der Waals surface area (Å²) < 4.78 is 5.00. The Kier molecular flexibility index (Phi) is 4.71. The van der Waals surface area contributed by atoms with Crippen molar-refractivity contribution in [2.24, 2.45) is 0 Å². The quantitative estimate of drug-likeness (QED) is 0.530. The predicted molar refractivity (Wildman–Crippen MR) is 104 cm³/mol. The van der Waals surface area contributed by atoms with Gasteiger partial charge in [0.25, 0.3) is 0 Å². The second kappa shape index (κ2) is 7.00. The van der Waals surface area contributed by atoms with E-state index in [0.29, 0.717) is 11.6 Å². The van der Waals surface area contributed by atoms with E-state index in [1.165, 1.54) is 35.0 Å². The first-order valence-electron chi connectivity index (χ1n) is 8.71. The summed E-state index contributed by atoms with van der Waals surface area (Å²) in [6.45, 7) is 5.58. The molecule has 1 N–H and O–H groups in total. The Morgan fingerprint density at radius 2 is 2.12 bits per heavy atom. The van der Waals surface area contributed by atoms with E-state index in [4.69, 9.17) is 4.52 Å². The number of thioether (sulfide) groups is 1. The molecule has 0 bridgehead atoms. The van der Waals surface area contributed by atoms with Gasteiger partial charge in [-0.3, -0.25) is 4.79 Å². The number of hydrogen-bond donors (Lipinski definition) is 1. The van der Waals surface area contributed by atoms with Crippen molar-refractivity contribution in [1.29, 1.82) is 0 Å². The normalized spacial score (nSPS) is 15.0. The molecule has 0 fully saturated rings. The molecule has 0 unspecified atom stereocenters. The summed E-state index contributed by atoms with van der Waals surface area (Å²) in [6, 6.07) is 1.71. The predicted octanol–water partition coefficient (Wildman–Crippen LogP) is 4.29. The Hall–Kier alpha value is -1.93. The van der Waals surface area contributed by atoms with Crippen LogP contribution < -0.4 is 5.32 Å². The van der Waals surface area contributed by atoms with Crippen LogP contribution in [0, 0.1) is 13.8 Å². The first kappa shape index (κ1) is 17.5. The minimum atomic E-state index is -0.302. The van der Waals surface area contributed by atoms with Gasteiger partial charge in [-0.15, -0.1) is 11.3 Å². The maximum atomic E-state index is 12.5. The van der Waals surface area contributed by atoms with E-state index in [1.54, 1.807) is 24.3 Å². The Labute approximate surface area is 159 Å². The number of anilines is 1. The molecule has 0 saturated heterocycles. The van der Waals surface area contributed by atoms with Gasteiger partial charge in [0.2, 0.25) is 5.91 Å². The highest BCUT2D eigenvalue weighted by molar-refractivity contribution is 8.00. The maximum Gasteiger partial charge on any atom is 0.238 e. The Bertz CT molecular complexity index is 979. The molecule has 0 aromatic carbocycles. The fourth-order valence-electron chi connectivity index (χ4n) is 3.19. The van der Waals surface area contributed by atoms with Crippen LogP contribution in [0.1, 0.15) is 41.8 Å². The third-order valence-electron chi connectivity index (χ3n) is 4.43. The first-order chi connectivity index (χ1) is 12.5. The second-order valence-electron chi connectivity index (χ2n) is 6.54. The third kappa shape index (κ3) is 3.35. The van der Waals surface area contributed by atoms with E-state index in [0.717, 1.165) is 33.9 Å². The number of fused-ring (bicyclic) bond motifs is 3. The lowest BCUT2D eigenvalue weighted by atomic mass is 9.97. The monoisotopic (exact) mass is 388 g/mol. The molecule has 6 nitrogen and oxygen atoms in total. The topological polar surface area (TPSA) is 80.9 Å². The third-order valence-corrected chi connectivity index (χ3v) is 6.70. The standard InChI is InChI=1S/C18H20N4O2S2/c1-9-8-14(22-24-9)21-16(23)10(2)25-17-15-12-6-4-5-7-13(12)26-18(15)20-11(3)19-17/h8,10H,4-7H2,1-3H3,(H,21,22,23)/t10-/m1/s1. The number of aryl methyl sites for hydroxylation is 4. The van der Waals surface area contributed by atoms with Gasteiger partial charge < -0.3 is 9.84 Å². The van der Waals surface area contributed by atoms with Crippen LogP contribution in [0.5, 0.6) is 0 Å². The van der Waals surface area contributed by atoms with Crippen LogP contribution >= 0.6 is 23.1 Å². The molecule has 1 aliphatic carbocycles. The molecular formula is C18H20N4O2S2. The van der Waals surface area contributed by atoms with Crippen LogP contribution in [0.15, 0.2) is 15.6 Å². The molecule has 1 aliphatic rings. The molecule has 8 heteroatoms. The Morgan fingerprint density at radius 1 is 1.31 bits per heavy atom. The van der Waals surface area contributed by atoms with Gasteiger partial charge in [-0.1, -0.05) is 16.9 Å². The molecule has 3 heterocycles. The van der Waals surface area contributed by atoms with Crippen molar-refractivity contribution in [3.63, 3.8) is 0 Å². The van der Waals surface area contributed by atoms with E-state index in [9.17, 15) is 4.79 Å². The second-order valence-corrected chi connectivity index (χ2v) is 8.95. The van der Waals surface area contributed by atoms with Crippen LogP contribution in [0.25, 0.3) is 10.2 Å². The van der Waals surface area contributed by atoms with E-state index in [2.05, 4.69) is 20.4 Å². The van der Waals surface area contributed by atoms with Crippen LogP contribution in [-0.4, -0.2) is 26.3 Å². The lowest BCUT2D eigenvalue weighted by Gasteiger charge is -2.14. The average molecular weight is 389 g/mol. The van der Waals surface area contributed by atoms with E-state index in [1.807, 2.05) is 13.8 Å². The molecule has 0 saturated carbocycles. The Balaban J connectivity index is 1.61. The lowest BCUT2D eigenvalue weighted by Crippen LogP contribution is -2.22. The maximum absolute atomic E-state index is 12.5. The number of thiophene rings is 1. The molecule has 136 valence electrons. The molecular weight excluding hydrogens is 368 g/mol. The van der Waals surface area contributed by atoms with E-state index < -0.39 is 0 Å². The van der Waals surface area contributed by atoms with Crippen molar-refractivity contribution < 1.29 is 9.32 Å². The SMILES string of the molecule is Cc1nc(S[C@H](C)C(=O)Nc2cc(C)on2)c2c3c(sc2n1)CCCC3. The molecule has 3 aromatic heterocycles. The van der Waals surface area contributed by atoms with Crippen molar-refractivity contribution in [2.45, 2.75) is 56.7 Å². The molecule has 26 heavy (non-hydrogen) atoms. The highest BCUT2D eigenvalue weighted by atomic mass is 32.2. The fraction of sp³-hybridized carbons (Fsp3) is 0.444. The van der Waals surface area contributed by atoms with E-state index >= 15 is 0 Å². The van der Waals surface area contributed by atoms with Crippen molar-refractivity contribution in [3.8, 4) is 0 Å². The van der Waals surface area contributed by atoms with Gasteiger partial charge in [0.15, 0.2) is 5.82 Å². The number of rotatable bonds is 4. The summed E-state index contributed by atoms with van der Waals surface area (Å²) in [5.74, 6) is 1.74. The highest BCUT2D eigenvalue weighted by Crippen LogP contribution is 2.40. The van der Waals surface area contributed by atoms with Crippen molar-refractivity contribution in [2.75, 3.05) is 5.32 Å². The highest BCUT2D eigenvalue weighted by Gasteiger charge is 2.24. The molecule has 0 radical (unpaired) electrons. The molecule has 3 aromatic rings. The largest absolute Gasteiger partial charge is 0.360 e. The van der Waals surface area contributed by atoms with E-state index in [-0.39, 0.29) is 11.2 Å². The van der Waals surface area contributed by atoms with Crippen LogP contribution in [0.4, 0.5) is 5.82 Å². The smallest absolute Gasteiger partial charge is 0.238 e. The summed E-state index contributed by atoms with van der Waals surface area (Å²) >= 11 is 3.27. The summed E-state index contributed by atoms with van der Waals surface area (Å²) in [5, 5.41) is 8.37. The number of carbonyl (C=O) groups excluding carboxylic acids is 1. The molecule has 1 amide bonds. The van der Waals surface area contributed by atoms with Gasteiger partial charge in [-0.2, -0.15) is 0 Å². The van der Waals surface area contributed by atoms with Crippen LogP contribution in [0.2, 0.25) is 0 Å². The van der Waals surface area contributed by atoms with Crippen molar-refractivity contribution in [1.82, 2.24) is 15.1 Å². The zero-order chi connectivity index (χ0) is 18.3. The number of carbonyl (C=O) groups is 1. The molecule has 0 aliphatic heterocycles. The number of aromatic nitrogens is 3. The van der Waals surface area contributed by atoms with Crippen LogP contribution in [-0.2, 0) is 17.6 Å². The lowest BCUT2D eigenvalue weighted by molar-refractivity contribution is -0.115. The molecule has 0 spiro atoms. The summed E-state index contributed by atoms with van der Waals surface area (Å²) in [7, 11) is 0. The van der Waals surface area contributed by atoms with Gasteiger partial charge in [0, 0.05) is 16.3 Å². The number of nitrogens with zero attached hydrogens (tertiary/aromatic N) is 3. The number of amides is 1. The van der Waals surface area contributed by atoms with Crippen LogP contribution in [0.3, 0.4) is 0 Å². The minimum Gasteiger partial charge on any atom is -0.360 e. The van der Waals surface area contributed by atoms with Crippen molar-refractivity contribution in [3.05, 3.63) is 28.1 Å². The zero-order valence-corrected chi connectivity index (χ0v) is 16.6. The van der Waals surface area contributed by atoms with Crippen molar-refractivity contribution >= 4 is 45.0 Å². The summed E-state index contributed by atoms with van der Waals surface area (Å²) in [6.07, 6.45) is 4.65. The van der Waals surface area contributed by atoms with Gasteiger partial charge in [0.05, 0.1) is 5.25 Å². The fourth-order valence-corrected chi connectivity index (χ4v) is 5.58. The zero-order valence-electron chi connectivity index (χ0n) is 15.0. The van der Waals surface area contributed by atoms with Gasteiger partial charge in [-0.05, 0) is 52.0 Å². The average Bonchev–Trinajstić information content (AvgIpc) is 3.17. The van der Waals surface area contributed by atoms with Gasteiger partial charge in [0.1, 0.15) is 21.4 Å². The molecule has 4 rings (SSSR count).